The number of para-hydroxylation sites is 2. The SMILES string of the molecule is O=C(Nc1ccccc1NC(=O)/C(=C\c1ccc(Cl)cc1)NC(=O)c1ccccc1)/C(=C\c1ccc(Cl)cc1)NC(=O)c1ccccc1. The Morgan fingerprint density at radius 1 is 0.438 bits per heavy atom. The van der Waals surface area contributed by atoms with Crippen LogP contribution in [0.5, 0.6) is 0 Å². The van der Waals surface area contributed by atoms with Gasteiger partial charge in [0.2, 0.25) is 0 Å². The fourth-order valence-electron chi connectivity index (χ4n) is 4.42. The Hall–Kier alpha value is -5.96. The summed E-state index contributed by atoms with van der Waals surface area (Å²) in [5.41, 5.74) is 2.34. The van der Waals surface area contributed by atoms with Gasteiger partial charge in [0.05, 0.1) is 11.4 Å². The molecular weight excluding hydrogens is 647 g/mol. The summed E-state index contributed by atoms with van der Waals surface area (Å²) in [4.78, 5) is 53.5. The number of carbonyl (C=O) groups excluding carboxylic acids is 4. The summed E-state index contributed by atoms with van der Waals surface area (Å²) in [5, 5.41) is 12.0. The van der Waals surface area contributed by atoms with E-state index in [0.717, 1.165) is 0 Å². The first-order valence-corrected chi connectivity index (χ1v) is 15.4. The third kappa shape index (κ3) is 9.29. The van der Waals surface area contributed by atoms with E-state index < -0.39 is 23.6 Å². The van der Waals surface area contributed by atoms with Crippen LogP contribution >= 0.6 is 23.2 Å². The number of benzene rings is 5. The van der Waals surface area contributed by atoms with Gasteiger partial charge in [-0.15, -0.1) is 0 Å². The van der Waals surface area contributed by atoms with E-state index in [1.54, 1.807) is 133 Å². The summed E-state index contributed by atoms with van der Waals surface area (Å²) < 4.78 is 0. The van der Waals surface area contributed by atoms with E-state index in [2.05, 4.69) is 21.3 Å². The highest BCUT2D eigenvalue weighted by atomic mass is 35.5. The second-order valence-corrected chi connectivity index (χ2v) is 11.2. The predicted molar refractivity (Wildman–Crippen MR) is 190 cm³/mol. The predicted octanol–water partition coefficient (Wildman–Crippen LogP) is 7.81. The number of rotatable bonds is 10. The molecule has 0 bridgehead atoms. The summed E-state index contributed by atoms with van der Waals surface area (Å²) in [7, 11) is 0. The third-order valence-electron chi connectivity index (χ3n) is 6.84. The number of halogens is 2. The van der Waals surface area contributed by atoms with Crippen molar-refractivity contribution in [1.82, 2.24) is 10.6 Å². The summed E-state index contributed by atoms with van der Waals surface area (Å²) in [6.07, 6.45) is 3.03. The van der Waals surface area contributed by atoms with Gasteiger partial charge >= 0.3 is 0 Å². The van der Waals surface area contributed by atoms with Gasteiger partial charge in [0.1, 0.15) is 11.4 Å². The van der Waals surface area contributed by atoms with Crippen molar-refractivity contribution < 1.29 is 19.2 Å². The van der Waals surface area contributed by atoms with Crippen LogP contribution in [0.2, 0.25) is 10.0 Å². The number of amides is 4. The van der Waals surface area contributed by atoms with Gasteiger partial charge in [-0.05, 0) is 83.9 Å². The molecule has 0 fully saturated rings. The summed E-state index contributed by atoms with van der Waals surface area (Å²) in [6, 6.07) is 37.0. The Labute approximate surface area is 287 Å². The molecule has 0 saturated carbocycles. The second kappa shape index (κ2) is 16.0. The van der Waals surface area contributed by atoms with Crippen molar-refractivity contribution in [1.29, 1.82) is 0 Å². The van der Waals surface area contributed by atoms with Crippen LogP contribution in [0.3, 0.4) is 0 Å². The molecule has 0 aliphatic carbocycles. The number of nitrogens with one attached hydrogen (secondary N) is 4. The largest absolute Gasteiger partial charge is 0.319 e. The molecule has 48 heavy (non-hydrogen) atoms. The Bertz CT molecular complexity index is 1850. The molecule has 0 unspecified atom stereocenters. The summed E-state index contributed by atoms with van der Waals surface area (Å²) >= 11 is 12.1. The molecule has 5 aromatic rings. The molecule has 5 rings (SSSR count). The van der Waals surface area contributed by atoms with Crippen LogP contribution in [0.25, 0.3) is 12.2 Å². The minimum absolute atomic E-state index is 0.0502. The van der Waals surface area contributed by atoms with Crippen molar-refractivity contribution in [2.24, 2.45) is 0 Å². The van der Waals surface area contributed by atoms with E-state index in [9.17, 15) is 19.2 Å². The fraction of sp³-hybridized carbons (Fsp3) is 0. The maximum atomic E-state index is 13.7. The first kappa shape index (κ1) is 33.4. The van der Waals surface area contributed by atoms with Crippen LogP contribution in [-0.2, 0) is 9.59 Å². The number of hydrogen-bond donors (Lipinski definition) is 4. The molecule has 0 aliphatic heterocycles. The van der Waals surface area contributed by atoms with Gasteiger partial charge in [-0.1, -0.05) is 96.0 Å². The second-order valence-electron chi connectivity index (χ2n) is 10.3. The normalized spacial score (nSPS) is 11.3. The van der Waals surface area contributed by atoms with Crippen LogP contribution < -0.4 is 21.3 Å². The smallest absolute Gasteiger partial charge is 0.272 e. The molecule has 8 nitrogen and oxygen atoms in total. The molecule has 0 spiro atoms. The van der Waals surface area contributed by atoms with Crippen molar-refractivity contribution in [2.45, 2.75) is 0 Å². The zero-order valence-electron chi connectivity index (χ0n) is 25.2. The van der Waals surface area contributed by atoms with E-state index in [1.165, 1.54) is 12.2 Å². The van der Waals surface area contributed by atoms with Crippen LogP contribution in [0.1, 0.15) is 31.8 Å². The molecule has 5 aromatic carbocycles. The molecule has 10 heteroatoms. The van der Waals surface area contributed by atoms with Gasteiger partial charge in [0.25, 0.3) is 23.6 Å². The zero-order chi connectivity index (χ0) is 33.9. The number of anilines is 2. The molecule has 0 radical (unpaired) electrons. The molecule has 4 amide bonds. The highest BCUT2D eigenvalue weighted by Gasteiger charge is 2.19. The quantitative estimate of drug-likeness (QED) is 0.113. The number of carbonyl (C=O) groups is 4. The molecular formula is C38H28Cl2N4O4. The van der Waals surface area contributed by atoms with Gasteiger partial charge in [-0.25, -0.2) is 0 Å². The van der Waals surface area contributed by atoms with Gasteiger partial charge in [0.15, 0.2) is 0 Å². The van der Waals surface area contributed by atoms with E-state index in [4.69, 9.17) is 23.2 Å². The lowest BCUT2D eigenvalue weighted by Gasteiger charge is -2.16. The minimum atomic E-state index is -0.648. The Morgan fingerprint density at radius 2 is 0.771 bits per heavy atom. The number of hydrogen-bond acceptors (Lipinski definition) is 4. The first-order valence-electron chi connectivity index (χ1n) is 14.6. The minimum Gasteiger partial charge on any atom is -0.319 e. The maximum Gasteiger partial charge on any atom is 0.272 e. The maximum absolute atomic E-state index is 13.7. The lowest BCUT2D eigenvalue weighted by Crippen LogP contribution is -2.32. The highest BCUT2D eigenvalue weighted by Crippen LogP contribution is 2.23. The van der Waals surface area contributed by atoms with E-state index >= 15 is 0 Å². The third-order valence-corrected chi connectivity index (χ3v) is 7.35. The average Bonchev–Trinajstić information content (AvgIpc) is 3.11. The molecule has 4 N–H and O–H groups in total. The molecule has 0 aliphatic rings. The van der Waals surface area contributed by atoms with Crippen molar-refractivity contribution in [3.63, 3.8) is 0 Å². The van der Waals surface area contributed by atoms with Crippen molar-refractivity contribution >= 4 is 70.4 Å². The van der Waals surface area contributed by atoms with E-state index in [1.807, 2.05) is 0 Å². The van der Waals surface area contributed by atoms with Crippen LogP contribution in [-0.4, -0.2) is 23.6 Å². The Balaban J connectivity index is 1.41. The van der Waals surface area contributed by atoms with Crippen molar-refractivity contribution in [2.75, 3.05) is 10.6 Å². The fourth-order valence-corrected chi connectivity index (χ4v) is 4.67. The lowest BCUT2D eigenvalue weighted by molar-refractivity contribution is -0.114. The standard InChI is InChI=1S/C38H28Cl2N4O4/c39-29-19-15-25(16-20-29)23-33(43-35(45)27-9-3-1-4-10-27)37(47)41-31-13-7-8-14-32(31)42-38(48)34(24-26-17-21-30(40)22-18-26)44-36(46)28-11-5-2-6-12-28/h1-24H,(H,41,47)(H,42,48)(H,43,45)(H,44,46)/b33-23+,34-24+. The monoisotopic (exact) mass is 674 g/mol. The Morgan fingerprint density at radius 3 is 1.12 bits per heavy atom. The summed E-state index contributed by atoms with van der Waals surface area (Å²) in [6.45, 7) is 0. The zero-order valence-corrected chi connectivity index (χ0v) is 26.8. The van der Waals surface area contributed by atoms with E-state index in [0.29, 0.717) is 32.3 Å². The molecule has 0 aromatic heterocycles. The average molecular weight is 676 g/mol. The topological polar surface area (TPSA) is 116 Å². The molecule has 0 heterocycles. The van der Waals surface area contributed by atoms with Gasteiger partial charge in [-0.2, -0.15) is 0 Å². The summed E-state index contributed by atoms with van der Waals surface area (Å²) in [5.74, 6) is -2.27. The molecule has 0 saturated heterocycles. The van der Waals surface area contributed by atoms with Gasteiger partial charge in [0, 0.05) is 21.2 Å². The van der Waals surface area contributed by atoms with Gasteiger partial charge in [-0.3, -0.25) is 19.2 Å². The van der Waals surface area contributed by atoms with Crippen molar-refractivity contribution in [3.8, 4) is 0 Å². The van der Waals surface area contributed by atoms with Crippen LogP contribution in [0.15, 0.2) is 145 Å². The van der Waals surface area contributed by atoms with Crippen LogP contribution in [0, 0.1) is 0 Å². The lowest BCUT2D eigenvalue weighted by atomic mass is 10.1. The van der Waals surface area contributed by atoms with Gasteiger partial charge < -0.3 is 21.3 Å². The molecule has 0 atom stereocenters. The van der Waals surface area contributed by atoms with Crippen LogP contribution in [0.4, 0.5) is 11.4 Å². The van der Waals surface area contributed by atoms with E-state index in [-0.39, 0.29) is 22.8 Å². The first-order chi connectivity index (χ1) is 23.2. The molecule has 238 valence electrons. The highest BCUT2D eigenvalue weighted by molar-refractivity contribution is 6.31. The Kier molecular flexibility index (Phi) is 11.2. The van der Waals surface area contributed by atoms with Crippen molar-refractivity contribution in [3.05, 3.63) is 177 Å².